The third kappa shape index (κ3) is 4.28. The number of hydrogen-bond acceptors (Lipinski definition) is 4. The van der Waals surface area contributed by atoms with Gasteiger partial charge < -0.3 is 20.2 Å². The fourth-order valence-corrected chi connectivity index (χ4v) is 4.34. The first kappa shape index (κ1) is 17.7. The molecule has 6 heteroatoms. The van der Waals surface area contributed by atoms with Crippen molar-refractivity contribution in [3.8, 4) is 0 Å². The summed E-state index contributed by atoms with van der Waals surface area (Å²) >= 11 is 0. The van der Waals surface area contributed by atoms with Crippen LogP contribution in [0.5, 0.6) is 0 Å². The first-order chi connectivity index (χ1) is 11.6. The first-order valence-corrected chi connectivity index (χ1v) is 9.62. The Bertz CT molecular complexity index is 451. The lowest BCUT2D eigenvalue weighted by atomic mass is 9.86. The van der Waals surface area contributed by atoms with Crippen LogP contribution >= 0.6 is 0 Å². The van der Waals surface area contributed by atoms with Crippen molar-refractivity contribution in [3.63, 3.8) is 0 Å². The number of nitrogens with zero attached hydrogens (tertiary/aromatic N) is 2. The molecule has 0 aromatic rings. The summed E-state index contributed by atoms with van der Waals surface area (Å²) in [6.07, 6.45) is 7.80. The minimum absolute atomic E-state index is 0.00190. The van der Waals surface area contributed by atoms with Gasteiger partial charge in [-0.25, -0.2) is 0 Å². The Hall–Kier alpha value is -1.14. The molecule has 0 spiro atoms. The smallest absolute Gasteiger partial charge is 0.246 e. The lowest BCUT2D eigenvalue weighted by molar-refractivity contribution is -0.149. The molecule has 3 fully saturated rings. The number of carbonyl (C=O) groups is 2. The zero-order chi connectivity index (χ0) is 16.9. The molecule has 3 aliphatic rings. The van der Waals surface area contributed by atoms with Crippen LogP contribution in [0.4, 0.5) is 0 Å². The van der Waals surface area contributed by atoms with Gasteiger partial charge in [-0.05, 0) is 31.6 Å². The van der Waals surface area contributed by atoms with Crippen molar-refractivity contribution in [2.45, 2.75) is 63.5 Å². The van der Waals surface area contributed by atoms with Crippen LogP contribution in [0.2, 0.25) is 0 Å². The van der Waals surface area contributed by atoms with Crippen LogP contribution in [0.3, 0.4) is 0 Å². The summed E-state index contributed by atoms with van der Waals surface area (Å²) in [6.45, 7) is 2.99. The maximum atomic E-state index is 12.9. The van der Waals surface area contributed by atoms with Crippen LogP contribution < -0.4 is 5.32 Å². The number of aliphatic hydroxyl groups is 1. The van der Waals surface area contributed by atoms with Gasteiger partial charge in [0.2, 0.25) is 11.8 Å². The molecule has 0 bridgehead atoms. The molecule has 6 nitrogen and oxygen atoms in total. The van der Waals surface area contributed by atoms with Crippen molar-refractivity contribution < 1.29 is 14.7 Å². The molecule has 2 N–H and O–H groups in total. The molecule has 0 radical (unpaired) electrons. The number of piperazine rings is 1. The van der Waals surface area contributed by atoms with Crippen molar-refractivity contribution in [1.82, 2.24) is 15.1 Å². The van der Waals surface area contributed by atoms with Crippen LogP contribution in [0, 0.1) is 5.92 Å². The number of nitrogens with one attached hydrogen (secondary N) is 1. The summed E-state index contributed by atoms with van der Waals surface area (Å²) in [5.41, 5.74) is 0. The molecule has 2 aliphatic heterocycles. The summed E-state index contributed by atoms with van der Waals surface area (Å²) in [5.74, 6) is 0.631. The molecule has 2 saturated heterocycles. The number of piperidine rings is 1. The lowest BCUT2D eigenvalue weighted by Gasteiger charge is -2.40. The second kappa shape index (κ2) is 8.30. The second-order valence-corrected chi connectivity index (χ2v) is 7.60. The van der Waals surface area contributed by atoms with E-state index in [4.69, 9.17) is 0 Å². The van der Waals surface area contributed by atoms with Gasteiger partial charge in [0.25, 0.3) is 0 Å². The third-order valence-corrected chi connectivity index (χ3v) is 5.75. The summed E-state index contributed by atoms with van der Waals surface area (Å²) < 4.78 is 0. The van der Waals surface area contributed by atoms with E-state index in [1.54, 1.807) is 9.80 Å². The van der Waals surface area contributed by atoms with Gasteiger partial charge in [-0.2, -0.15) is 0 Å². The van der Waals surface area contributed by atoms with Crippen molar-refractivity contribution in [1.29, 1.82) is 0 Å². The van der Waals surface area contributed by atoms with Gasteiger partial charge in [0.1, 0.15) is 6.04 Å². The Kier molecular flexibility index (Phi) is 6.11. The monoisotopic (exact) mass is 337 g/mol. The molecule has 136 valence electrons. The van der Waals surface area contributed by atoms with E-state index in [2.05, 4.69) is 5.32 Å². The molecular formula is C18H31N3O3. The highest BCUT2D eigenvalue weighted by molar-refractivity contribution is 5.88. The predicted molar refractivity (Wildman–Crippen MR) is 91.4 cm³/mol. The fourth-order valence-electron chi connectivity index (χ4n) is 4.34. The number of hydrogen-bond donors (Lipinski definition) is 2. The van der Waals surface area contributed by atoms with E-state index >= 15 is 0 Å². The lowest BCUT2D eigenvalue weighted by Crippen LogP contribution is -2.61. The first-order valence-electron chi connectivity index (χ1n) is 9.62. The average molecular weight is 337 g/mol. The van der Waals surface area contributed by atoms with Crippen molar-refractivity contribution >= 4 is 11.8 Å². The Morgan fingerprint density at radius 3 is 2.58 bits per heavy atom. The maximum absolute atomic E-state index is 12.9. The van der Waals surface area contributed by atoms with Gasteiger partial charge >= 0.3 is 0 Å². The third-order valence-electron chi connectivity index (χ3n) is 5.75. The number of carbonyl (C=O) groups excluding carboxylic acids is 2. The molecule has 2 amide bonds. The molecular weight excluding hydrogens is 306 g/mol. The van der Waals surface area contributed by atoms with E-state index in [0.29, 0.717) is 38.5 Å². The van der Waals surface area contributed by atoms with Crippen molar-refractivity contribution in [2.24, 2.45) is 5.92 Å². The Balaban J connectivity index is 1.61. The van der Waals surface area contributed by atoms with Gasteiger partial charge in [-0.3, -0.25) is 9.59 Å². The van der Waals surface area contributed by atoms with E-state index in [9.17, 15) is 14.7 Å². The molecule has 2 atom stereocenters. The molecule has 1 aliphatic carbocycles. The molecule has 1 unspecified atom stereocenters. The van der Waals surface area contributed by atoms with Gasteiger partial charge in [0.15, 0.2) is 0 Å². The summed E-state index contributed by atoms with van der Waals surface area (Å²) in [7, 11) is 0. The van der Waals surface area contributed by atoms with Crippen LogP contribution in [0.15, 0.2) is 0 Å². The average Bonchev–Trinajstić information content (AvgIpc) is 2.62. The van der Waals surface area contributed by atoms with Gasteiger partial charge in [-0.1, -0.05) is 19.3 Å². The molecule has 0 aromatic heterocycles. The summed E-state index contributed by atoms with van der Waals surface area (Å²) in [6, 6.07) is -0.403. The zero-order valence-electron chi connectivity index (χ0n) is 14.6. The summed E-state index contributed by atoms with van der Waals surface area (Å²) in [5, 5.41) is 13.1. The van der Waals surface area contributed by atoms with Gasteiger partial charge in [0.05, 0.1) is 6.10 Å². The van der Waals surface area contributed by atoms with E-state index in [-0.39, 0.29) is 11.8 Å². The number of likely N-dealkylation sites (tertiary alicyclic amines) is 1. The Morgan fingerprint density at radius 2 is 1.83 bits per heavy atom. The van der Waals surface area contributed by atoms with Gasteiger partial charge in [-0.15, -0.1) is 0 Å². The topological polar surface area (TPSA) is 72.9 Å². The second-order valence-electron chi connectivity index (χ2n) is 7.60. The minimum atomic E-state index is -0.425. The van der Waals surface area contributed by atoms with E-state index < -0.39 is 12.1 Å². The van der Waals surface area contributed by atoms with Crippen LogP contribution in [0.25, 0.3) is 0 Å². The highest BCUT2D eigenvalue weighted by Crippen LogP contribution is 2.27. The highest BCUT2D eigenvalue weighted by atomic mass is 16.3. The van der Waals surface area contributed by atoms with Crippen LogP contribution in [-0.4, -0.2) is 71.6 Å². The maximum Gasteiger partial charge on any atom is 0.246 e. The number of β-amino-alcohol motifs (C(OH)–C–C–N with tert-alkyl or cyclic N) is 1. The predicted octanol–water partition coefficient (Wildman–Crippen LogP) is 0.741. The van der Waals surface area contributed by atoms with Crippen molar-refractivity contribution in [2.75, 3.05) is 32.7 Å². The molecule has 24 heavy (non-hydrogen) atoms. The standard InChI is InChI=1S/C18H31N3O3/c22-15-7-4-9-20(13-15)18(24)16-12-19-8-10-21(16)17(23)11-14-5-2-1-3-6-14/h14-16,19,22H,1-13H2/t15?,16-/m1/s1. The van der Waals surface area contributed by atoms with E-state index in [0.717, 1.165) is 32.2 Å². The fraction of sp³-hybridized carbons (Fsp3) is 0.889. The van der Waals surface area contributed by atoms with Crippen LogP contribution in [0.1, 0.15) is 51.4 Å². The minimum Gasteiger partial charge on any atom is -0.391 e. The molecule has 3 rings (SSSR count). The normalized spacial score (nSPS) is 29.5. The molecule has 2 heterocycles. The highest BCUT2D eigenvalue weighted by Gasteiger charge is 2.36. The SMILES string of the molecule is O=C([C@H]1CNCCN1C(=O)CC1CCCCC1)N1CCCC(O)C1. The molecule has 0 aromatic carbocycles. The quantitative estimate of drug-likeness (QED) is 0.797. The Morgan fingerprint density at radius 1 is 1.04 bits per heavy atom. The number of aliphatic hydroxyl groups excluding tert-OH is 1. The van der Waals surface area contributed by atoms with E-state index in [1.165, 1.54) is 19.3 Å². The summed E-state index contributed by atoms with van der Waals surface area (Å²) in [4.78, 5) is 29.2. The van der Waals surface area contributed by atoms with Crippen molar-refractivity contribution in [3.05, 3.63) is 0 Å². The Labute approximate surface area is 144 Å². The number of amides is 2. The molecule has 1 saturated carbocycles. The van der Waals surface area contributed by atoms with E-state index in [1.807, 2.05) is 0 Å². The zero-order valence-corrected chi connectivity index (χ0v) is 14.6. The number of rotatable bonds is 3. The van der Waals surface area contributed by atoms with Gasteiger partial charge in [0, 0.05) is 39.1 Å². The van der Waals surface area contributed by atoms with Crippen LogP contribution in [-0.2, 0) is 9.59 Å². The largest absolute Gasteiger partial charge is 0.391 e.